The van der Waals surface area contributed by atoms with Gasteiger partial charge in [0, 0.05) is 0 Å². The maximum Gasteiger partial charge on any atom is -0.00200 e. The summed E-state index contributed by atoms with van der Waals surface area (Å²) in [5.74, 6) is 1.55. The molecule has 0 radical (unpaired) electrons. The lowest BCUT2D eigenvalue weighted by Crippen LogP contribution is -2.38. The molecule has 0 amide bonds. The van der Waals surface area contributed by atoms with Crippen LogP contribution in [0.1, 0.15) is 13.3 Å². The highest BCUT2D eigenvalue weighted by molar-refractivity contribution is 5.85. The van der Waals surface area contributed by atoms with Gasteiger partial charge in [0.2, 0.25) is 0 Å². The summed E-state index contributed by atoms with van der Waals surface area (Å²) in [6.45, 7) is 5.45. The van der Waals surface area contributed by atoms with Gasteiger partial charge in [-0.1, -0.05) is 6.92 Å². The van der Waals surface area contributed by atoms with Gasteiger partial charge in [0.1, 0.15) is 0 Å². The Morgan fingerprint density at radius 1 is 1.45 bits per heavy atom. The Morgan fingerprint density at radius 3 is 2.45 bits per heavy atom. The van der Waals surface area contributed by atoms with Crippen LogP contribution in [-0.4, -0.2) is 19.6 Å². The van der Waals surface area contributed by atoms with E-state index in [0.29, 0.717) is 0 Å². The van der Waals surface area contributed by atoms with Gasteiger partial charge < -0.3 is 11.1 Å². The van der Waals surface area contributed by atoms with Crippen molar-refractivity contribution in [1.82, 2.24) is 5.32 Å². The fourth-order valence-electron chi connectivity index (χ4n) is 1.42. The van der Waals surface area contributed by atoms with Crippen molar-refractivity contribution in [2.24, 2.45) is 17.6 Å². The number of hydrogen-bond donors (Lipinski definition) is 2. The molecule has 4 heteroatoms. The van der Waals surface area contributed by atoms with Crippen molar-refractivity contribution in [1.29, 1.82) is 0 Å². The van der Waals surface area contributed by atoms with Crippen molar-refractivity contribution < 1.29 is 0 Å². The van der Waals surface area contributed by atoms with Crippen LogP contribution in [0.2, 0.25) is 0 Å². The van der Waals surface area contributed by atoms with Crippen LogP contribution in [0.5, 0.6) is 0 Å². The van der Waals surface area contributed by atoms with E-state index in [1.165, 1.54) is 6.42 Å². The summed E-state index contributed by atoms with van der Waals surface area (Å²) in [5, 5.41) is 3.34. The van der Waals surface area contributed by atoms with Crippen LogP contribution in [0.4, 0.5) is 0 Å². The second-order valence-corrected chi connectivity index (χ2v) is 2.97. The molecule has 3 N–H and O–H groups in total. The molecule has 70 valence electrons. The summed E-state index contributed by atoms with van der Waals surface area (Å²) < 4.78 is 0. The molecular weight excluding hydrogens is 183 g/mol. The van der Waals surface area contributed by atoms with Crippen LogP contribution in [0.3, 0.4) is 0 Å². The number of nitrogens with one attached hydrogen (secondary N) is 1. The lowest BCUT2D eigenvalue weighted by Gasteiger charge is -2.27. The molecule has 0 spiro atoms. The van der Waals surface area contributed by atoms with Gasteiger partial charge in [-0.25, -0.2) is 0 Å². The van der Waals surface area contributed by atoms with E-state index < -0.39 is 0 Å². The minimum absolute atomic E-state index is 0. The molecule has 0 aromatic heterocycles. The van der Waals surface area contributed by atoms with E-state index in [1.807, 2.05) is 0 Å². The van der Waals surface area contributed by atoms with Crippen molar-refractivity contribution in [3.63, 3.8) is 0 Å². The summed E-state index contributed by atoms with van der Waals surface area (Å²) in [7, 11) is 0. The smallest absolute Gasteiger partial charge is 0.00200 e. The average molecular weight is 201 g/mol. The molecule has 0 aliphatic carbocycles. The van der Waals surface area contributed by atoms with E-state index in [-0.39, 0.29) is 24.8 Å². The predicted molar refractivity (Wildman–Crippen MR) is 53.7 cm³/mol. The molecular formula is C7H18Cl2N2. The normalized spacial score (nSPS) is 30.0. The lowest BCUT2D eigenvalue weighted by molar-refractivity contribution is 0.281. The Kier molecular flexibility index (Phi) is 9.15. The minimum Gasteiger partial charge on any atom is -0.330 e. The highest BCUT2D eigenvalue weighted by atomic mass is 35.5. The van der Waals surface area contributed by atoms with Crippen LogP contribution in [0, 0.1) is 11.8 Å². The zero-order chi connectivity index (χ0) is 6.69. The number of piperidine rings is 1. The molecule has 1 heterocycles. The van der Waals surface area contributed by atoms with E-state index in [0.717, 1.165) is 31.5 Å². The van der Waals surface area contributed by atoms with Gasteiger partial charge in [-0.05, 0) is 37.9 Å². The van der Waals surface area contributed by atoms with Crippen LogP contribution < -0.4 is 11.1 Å². The number of rotatable bonds is 1. The highest BCUT2D eigenvalue weighted by Gasteiger charge is 2.18. The standard InChI is InChI=1S/C7H16N2.2ClH/c1-6-5-9-3-2-7(6)4-8;;/h6-7,9H,2-5,8H2,1H3;2*1H. The maximum atomic E-state index is 5.57. The van der Waals surface area contributed by atoms with Crippen LogP contribution >= 0.6 is 24.8 Å². The first-order valence-corrected chi connectivity index (χ1v) is 3.75. The molecule has 0 aromatic rings. The van der Waals surface area contributed by atoms with Crippen molar-refractivity contribution in [3.8, 4) is 0 Å². The molecule has 0 saturated carbocycles. The maximum absolute atomic E-state index is 5.57. The van der Waals surface area contributed by atoms with Crippen molar-refractivity contribution in [2.75, 3.05) is 19.6 Å². The monoisotopic (exact) mass is 200 g/mol. The van der Waals surface area contributed by atoms with Gasteiger partial charge in [-0.3, -0.25) is 0 Å². The first-order chi connectivity index (χ1) is 4.34. The van der Waals surface area contributed by atoms with Gasteiger partial charge in [-0.15, -0.1) is 24.8 Å². The molecule has 1 aliphatic heterocycles. The Morgan fingerprint density at radius 2 is 2.09 bits per heavy atom. The topological polar surface area (TPSA) is 38.0 Å². The second kappa shape index (κ2) is 7.17. The quantitative estimate of drug-likeness (QED) is 0.665. The number of halogens is 2. The molecule has 2 unspecified atom stereocenters. The van der Waals surface area contributed by atoms with Crippen molar-refractivity contribution >= 4 is 24.8 Å². The molecule has 0 bridgehead atoms. The molecule has 0 aromatic carbocycles. The minimum atomic E-state index is 0. The number of nitrogens with two attached hydrogens (primary N) is 1. The highest BCUT2D eigenvalue weighted by Crippen LogP contribution is 2.16. The van der Waals surface area contributed by atoms with Gasteiger partial charge in [-0.2, -0.15) is 0 Å². The Hall–Kier alpha value is 0.500. The third-order valence-electron chi connectivity index (χ3n) is 2.27. The summed E-state index contributed by atoms with van der Waals surface area (Å²) >= 11 is 0. The van der Waals surface area contributed by atoms with Crippen LogP contribution in [-0.2, 0) is 0 Å². The summed E-state index contributed by atoms with van der Waals surface area (Å²) in [4.78, 5) is 0. The Bertz CT molecular complexity index is 90.5. The summed E-state index contributed by atoms with van der Waals surface area (Å²) in [5.41, 5.74) is 5.57. The van der Waals surface area contributed by atoms with E-state index in [2.05, 4.69) is 12.2 Å². The van der Waals surface area contributed by atoms with Gasteiger partial charge in [0.15, 0.2) is 0 Å². The largest absolute Gasteiger partial charge is 0.330 e. The van der Waals surface area contributed by atoms with Gasteiger partial charge in [0.25, 0.3) is 0 Å². The van der Waals surface area contributed by atoms with E-state index >= 15 is 0 Å². The fourth-order valence-corrected chi connectivity index (χ4v) is 1.42. The molecule has 2 nitrogen and oxygen atoms in total. The summed E-state index contributed by atoms with van der Waals surface area (Å²) in [6.07, 6.45) is 1.26. The van der Waals surface area contributed by atoms with Crippen LogP contribution in [0.15, 0.2) is 0 Å². The molecule has 1 aliphatic rings. The first kappa shape index (κ1) is 14.0. The number of hydrogen-bond acceptors (Lipinski definition) is 2. The average Bonchev–Trinajstić information content (AvgIpc) is 1.89. The van der Waals surface area contributed by atoms with E-state index in [1.54, 1.807) is 0 Å². The summed E-state index contributed by atoms with van der Waals surface area (Å²) in [6, 6.07) is 0. The van der Waals surface area contributed by atoms with Gasteiger partial charge >= 0.3 is 0 Å². The Balaban J connectivity index is 0. The van der Waals surface area contributed by atoms with Crippen molar-refractivity contribution in [2.45, 2.75) is 13.3 Å². The molecule has 11 heavy (non-hydrogen) atoms. The second-order valence-electron chi connectivity index (χ2n) is 2.97. The van der Waals surface area contributed by atoms with E-state index in [9.17, 15) is 0 Å². The van der Waals surface area contributed by atoms with Gasteiger partial charge in [0.05, 0.1) is 0 Å². The molecule has 1 fully saturated rings. The third kappa shape index (κ3) is 4.16. The predicted octanol–water partition coefficient (Wildman–Crippen LogP) is 1.03. The molecule has 2 atom stereocenters. The van der Waals surface area contributed by atoms with Crippen molar-refractivity contribution in [3.05, 3.63) is 0 Å². The lowest BCUT2D eigenvalue weighted by atomic mass is 9.88. The van der Waals surface area contributed by atoms with Crippen LogP contribution in [0.25, 0.3) is 0 Å². The fraction of sp³-hybridized carbons (Fsp3) is 1.00. The zero-order valence-corrected chi connectivity index (χ0v) is 8.51. The SMILES string of the molecule is CC1CNCCC1CN.Cl.Cl. The Labute approximate surface area is 81.1 Å². The van der Waals surface area contributed by atoms with E-state index in [4.69, 9.17) is 5.73 Å². The molecule has 1 saturated heterocycles. The zero-order valence-electron chi connectivity index (χ0n) is 6.88. The molecule has 1 rings (SSSR count). The first-order valence-electron chi connectivity index (χ1n) is 3.75. The third-order valence-corrected chi connectivity index (χ3v) is 2.27.